The lowest BCUT2D eigenvalue weighted by Gasteiger charge is -2.39. The maximum Gasteiger partial charge on any atom is 0.246 e. The number of sulfone groups is 1. The molecule has 0 radical (unpaired) electrons. The fourth-order valence-corrected chi connectivity index (χ4v) is 5.30. The van der Waals surface area contributed by atoms with Crippen molar-refractivity contribution >= 4 is 37.6 Å². The molecule has 2 aromatic carbocycles. The van der Waals surface area contributed by atoms with Crippen molar-refractivity contribution in [2.75, 3.05) is 19.3 Å². The number of carbonyl (C=O) groups excluding carboxylic acids is 1. The van der Waals surface area contributed by atoms with E-state index in [1.165, 1.54) is 12.3 Å². The van der Waals surface area contributed by atoms with Crippen LogP contribution >= 0.6 is 0 Å². The van der Waals surface area contributed by atoms with Crippen LogP contribution in [-0.2, 0) is 14.6 Å². The van der Waals surface area contributed by atoms with Crippen LogP contribution in [0.25, 0.3) is 32.9 Å². The minimum absolute atomic E-state index is 0.0341. The van der Waals surface area contributed by atoms with E-state index in [1.54, 1.807) is 17.3 Å². The molecule has 8 heteroatoms. The number of aromatic nitrogens is 3. The third-order valence-corrected chi connectivity index (χ3v) is 7.18. The molecule has 158 valence electrons. The summed E-state index contributed by atoms with van der Waals surface area (Å²) >= 11 is 0. The fourth-order valence-electron chi connectivity index (χ4n) is 4.43. The molecule has 0 atom stereocenters. The second kappa shape index (κ2) is 6.81. The summed E-state index contributed by atoms with van der Waals surface area (Å²) in [4.78, 5) is 13.8. The maximum atomic E-state index is 12.6. The number of nitrogens with one attached hydrogen (secondary N) is 1. The molecular weight excluding hydrogens is 412 g/mol. The first-order valence-corrected chi connectivity index (χ1v) is 11.9. The second-order valence-corrected chi connectivity index (χ2v) is 10.1. The maximum absolute atomic E-state index is 12.6. The summed E-state index contributed by atoms with van der Waals surface area (Å²) in [7, 11) is -3.44. The van der Waals surface area contributed by atoms with Crippen molar-refractivity contribution in [1.82, 2.24) is 19.7 Å². The van der Waals surface area contributed by atoms with Gasteiger partial charge in [0.2, 0.25) is 5.91 Å². The SMILES string of the molecule is C=CC(=O)N1CC(n2cc(S(C)(=O)=O)c3cc(-c4c(C)ccc5[nH]ncc45)ccc32)C1. The van der Waals surface area contributed by atoms with Gasteiger partial charge in [-0.15, -0.1) is 0 Å². The van der Waals surface area contributed by atoms with Gasteiger partial charge >= 0.3 is 0 Å². The number of fused-ring (bicyclic) bond motifs is 2. The molecular formula is C23H22N4O3S. The van der Waals surface area contributed by atoms with E-state index in [9.17, 15) is 13.2 Å². The van der Waals surface area contributed by atoms with Gasteiger partial charge in [-0.1, -0.05) is 18.7 Å². The van der Waals surface area contributed by atoms with Crippen LogP contribution in [0.15, 0.2) is 60.3 Å². The van der Waals surface area contributed by atoms with Gasteiger partial charge in [0.25, 0.3) is 0 Å². The number of likely N-dealkylation sites (tertiary alicyclic amines) is 1. The number of carbonyl (C=O) groups is 1. The van der Waals surface area contributed by atoms with Crippen molar-refractivity contribution in [3.05, 3.63) is 60.9 Å². The van der Waals surface area contributed by atoms with Crippen LogP contribution in [0.1, 0.15) is 11.6 Å². The quantitative estimate of drug-likeness (QED) is 0.498. The van der Waals surface area contributed by atoms with E-state index in [4.69, 9.17) is 0 Å². The predicted octanol–water partition coefficient (Wildman–Crippen LogP) is 3.47. The van der Waals surface area contributed by atoms with Crippen molar-refractivity contribution < 1.29 is 13.2 Å². The lowest BCUT2D eigenvalue weighted by atomic mass is 9.96. The smallest absolute Gasteiger partial charge is 0.246 e. The molecule has 1 fully saturated rings. The van der Waals surface area contributed by atoms with Crippen molar-refractivity contribution in [1.29, 1.82) is 0 Å². The zero-order valence-electron chi connectivity index (χ0n) is 17.3. The van der Waals surface area contributed by atoms with Gasteiger partial charge in [0.05, 0.1) is 22.7 Å². The molecule has 4 aromatic rings. The van der Waals surface area contributed by atoms with Crippen molar-refractivity contribution in [3.8, 4) is 11.1 Å². The first-order valence-electron chi connectivity index (χ1n) is 9.97. The van der Waals surface area contributed by atoms with Crippen molar-refractivity contribution in [3.63, 3.8) is 0 Å². The highest BCUT2D eigenvalue weighted by Crippen LogP contribution is 2.37. The molecule has 0 aliphatic carbocycles. The number of amides is 1. The third-order valence-electron chi connectivity index (χ3n) is 6.06. The summed E-state index contributed by atoms with van der Waals surface area (Å²) < 4.78 is 27.2. The van der Waals surface area contributed by atoms with Gasteiger partial charge in [-0.05, 0) is 47.9 Å². The average molecular weight is 435 g/mol. The summed E-state index contributed by atoms with van der Waals surface area (Å²) in [6.07, 6.45) is 6.03. The Bertz CT molecular complexity index is 1470. The Labute approximate surface area is 179 Å². The molecule has 1 N–H and O–H groups in total. The van der Waals surface area contributed by atoms with Gasteiger partial charge in [0, 0.05) is 41.8 Å². The highest BCUT2D eigenvalue weighted by molar-refractivity contribution is 7.91. The highest BCUT2D eigenvalue weighted by Gasteiger charge is 2.32. The van der Waals surface area contributed by atoms with Crippen LogP contribution in [-0.4, -0.2) is 53.3 Å². The zero-order valence-corrected chi connectivity index (χ0v) is 18.1. The summed E-state index contributed by atoms with van der Waals surface area (Å²) in [5, 5.41) is 8.84. The van der Waals surface area contributed by atoms with E-state index < -0.39 is 9.84 Å². The average Bonchev–Trinajstić information content (AvgIpc) is 3.31. The van der Waals surface area contributed by atoms with Crippen LogP contribution < -0.4 is 0 Å². The van der Waals surface area contributed by atoms with E-state index in [0.29, 0.717) is 23.4 Å². The molecule has 1 saturated heterocycles. The summed E-state index contributed by atoms with van der Waals surface area (Å²) in [5.41, 5.74) is 4.84. The molecule has 1 aliphatic rings. The largest absolute Gasteiger partial charge is 0.339 e. The molecule has 3 heterocycles. The topological polar surface area (TPSA) is 88.1 Å². The van der Waals surface area contributed by atoms with E-state index >= 15 is 0 Å². The van der Waals surface area contributed by atoms with E-state index in [-0.39, 0.29) is 11.9 Å². The molecule has 1 amide bonds. The molecule has 0 unspecified atom stereocenters. The van der Waals surface area contributed by atoms with Gasteiger partial charge in [-0.3, -0.25) is 9.89 Å². The summed E-state index contributed by atoms with van der Waals surface area (Å²) in [6, 6.07) is 9.99. The predicted molar refractivity (Wildman–Crippen MR) is 121 cm³/mol. The summed E-state index contributed by atoms with van der Waals surface area (Å²) in [5.74, 6) is -0.109. The lowest BCUT2D eigenvalue weighted by molar-refractivity contribution is -0.131. The first kappa shape index (κ1) is 19.6. The number of H-pyrrole nitrogens is 1. The molecule has 2 aromatic heterocycles. The number of hydrogen-bond acceptors (Lipinski definition) is 4. The Kier molecular flexibility index (Phi) is 4.30. The number of rotatable bonds is 4. The minimum atomic E-state index is -3.44. The van der Waals surface area contributed by atoms with Gasteiger partial charge in [-0.2, -0.15) is 5.10 Å². The van der Waals surface area contributed by atoms with E-state index in [2.05, 4.69) is 16.8 Å². The van der Waals surface area contributed by atoms with Crippen molar-refractivity contribution in [2.24, 2.45) is 0 Å². The monoisotopic (exact) mass is 434 g/mol. The number of hydrogen-bond donors (Lipinski definition) is 1. The van der Waals surface area contributed by atoms with Crippen LogP contribution in [0.3, 0.4) is 0 Å². The molecule has 31 heavy (non-hydrogen) atoms. The van der Waals surface area contributed by atoms with Crippen LogP contribution in [0.4, 0.5) is 0 Å². The van der Waals surface area contributed by atoms with Crippen LogP contribution in [0, 0.1) is 6.92 Å². The van der Waals surface area contributed by atoms with Crippen molar-refractivity contribution in [2.45, 2.75) is 17.9 Å². The first-order chi connectivity index (χ1) is 14.8. The van der Waals surface area contributed by atoms with Gasteiger partial charge in [-0.25, -0.2) is 8.42 Å². The standard InChI is InChI=1S/C23H22N4O3S/c1-4-22(28)26-11-16(12-26)27-13-21(31(3,29)30)17-9-15(6-8-20(17)27)23-14(2)5-7-19-18(23)10-24-25-19/h4-10,13,16H,1,11-12H2,2-3H3,(H,24,25). The third kappa shape index (κ3) is 3.06. The Balaban J connectivity index is 1.67. The van der Waals surface area contributed by atoms with Gasteiger partial charge < -0.3 is 9.47 Å². The van der Waals surface area contributed by atoms with Gasteiger partial charge in [0.1, 0.15) is 0 Å². The molecule has 1 aliphatic heterocycles. The highest BCUT2D eigenvalue weighted by atomic mass is 32.2. The van der Waals surface area contributed by atoms with E-state index in [0.717, 1.165) is 33.1 Å². The minimum Gasteiger partial charge on any atom is -0.339 e. The second-order valence-electron chi connectivity index (χ2n) is 8.09. The normalized spacial score (nSPS) is 14.8. The van der Waals surface area contributed by atoms with Crippen LogP contribution in [0.5, 0.6) is 0 Å². The zero-order chi connectivity index (χ0) is 21.9. The number of nitrogens with zero attached hydrogens (tertiary/aromatic N) is 3. The Morgan fingerprint density at radius 1 is 1.23 bits per heavy atom. The van der Waals surface area contributed by atoms with E-state index in [1.807, 2.05) is 41.8 Å². The molecule has 5 rings (SSSR count). The molecule has 0 saturated carbocycles. The number of aromatic amines is 1. The molecule has 0 spiro atoms. The Morgan fingerprint density at radius 2 is 2.00 bits per heavy atom. The molecule has 7 nitrogen and oxygen atoms in total. The Hall–Kier alpha value is -3.39. The lowest BCUT2D eigenvalue weighted by Crippen LogP contribution is -2.49. The Morgan fingerprint density at radius 3 is 2.71 bits per heavy atom. The van der Waals surface area contributed by atoms with Crippen LogP contribution in [0.2, 0.25) is 0 Å². The fraction of sp³-hybridized carbons (Fsp3) is 0.217. The van der Waals surface area contributed by atoms with Gasteiger partial charge in [0.15, 0.2) is 9.84 Å². The number of benzene rings is 2. The summed E-state index contributed by atoms with van der Waals surface area (Å²) in [6.45, 7) is 6.63. The number of aryl methyl sites for hydroxylation is 1. The molecule has 0 bridgehead atoms.